The molecule has 64 heavy (non-hydrogen) atoms. The molecule has 0 amide bonds. The van der Waals surface area contributed by atoms with E-state index in [1.54, 1.807) is 39.8 Å². The van der Waals surface area contributed by atoms with Gasteiger partial charge in [-0.3, -0.25) is 29.8 Å². The molecule has 1 atom stereocenters. The van der Waals surface area contributed by atoms with E-state index < -0.39 is 52.0 Å². The zero-order valence-corrected chi connectivity index (χ0v) is 42.1. The molecule has 8 aliphatic rings. The highest BCUT2D eigenvalue weighted by Crippen LogP contribution is 2.59. The number of likely N-dealkylation sites (N-methyl/N-ethyl adjacent to an activating group) is 1. The molecule has 8 aliphatic carbocycles. The number of sulfonamides is 2. The monoisotopic (exact) mass is 1040 g/mol. The van der Waals surface area contributed by atoms with Gasteiger partial charge in [0.25, 0.3) is 11.4 Å². The van der Waals surface area contributed by atoms with Crippen LogP contribution in [-0.2, 0) is 35.4 Å². The molecule has 8 bridgehead atoms. The fraction of sp³-hybridized carbons (Fsp3) is 0.702. The number of para-hydroxylation sites is 2. The third-order valence-corrected chi connectivity index (χ3v) is 20.1. The van der Waals surface area contributed by atoms with Gasteiger partial charge in [0.1, 0.15) is 5.25 Å². The topological polar surface area (TPSA) is 204 Å². The van der Waals surface area contributed by atoms with Crippen molar-refractivity contribution in [3.8, 4) is 0 Å². The summed E-state index contributed by atoms with van der Waals surface area (Å²) in [7, 11) is -6.51. The number of carbonyl (C=O) groups excluding carboxylic acids is 2. The molecule has 17 heteroatoms. The van der Waals surface area contributed by atoms with Gasteiger partial charge >= 0.3 is 0 Å². The molecular formula is C47H67IN4O10S2. The van der Waals surface area contributed by atoms with Gasteiger partial charge in [-0.05, 0) is 163 Å². The second kappa shape index (κ2) is 19.8. The highest BCUT2D eigenvalue weighted by molar-refractivity contribution is 14.1. The second-order valence-corrected chi connectivity index (χ2v) is 24.9. The van der Waals surface area contributed by atoms with Gasteiger partial charge in [0.05, 0.1) is 26.7 Å². The Hall–Kier alpha value is -2.87. The van der Waals surface area contributed by atoms with E-state index in [9.17, 15) is 46.7 Å². The first-order chi connectivity index (χ1) is 30.0. The number of hydrogen-bond acceptors (Lipinski definition) is 10. The third-order valence-electron chi connectivity index (χ3n) is 16.2. The summed E-state index contributed by atoms with van der Waals surface area (Å²) in [6, 6.07) is 11.7. The summed E-state index contributed by atoms with van der Waals surface area (Å²) in [5.74, 6) is 5.74. The maximum absolute atomic E-state index is 13.5. The van der Waals surface area contributed by atoms with Crippen molar-refractivity contribution in [3.05, 3.63) is 79.9 Å². The Morgan fingerprint density at radius 3 is 1.52 bits per heavy atom. The van der Waals surface area contributed by atoms with Crippen molar-refractivity contribution < 1.29 is 36.3 Å². The SMILES string of the molecule is CC(C)(NS(=O)(=O)Cc1ccccc1[N+](=O)[O-])C(=O)CC1C2CC3CC(C2)CC1C3.CC(c1ccccc1[N+](=O)[O-])S(=O)(=O)N(C)C(C)(C)C(=O)CC1C2CC3CC(C2)CC1C3.CI. The van der Waals surface area contributed by atoms with Crippen molar-refractivity contribution in [1.29, 1.82) is 0 Å². The Labute approximate surface area is 393 Å². The molecule has 0 saturated heterocycles. The minimum absolute atomic E-state index is 0.0594. The zero-order chi connectivity index (χ0) is 47.1. The summed E-state index contributed by atoms with van der Waals surface area (Å²) in [4.78, 5) is 50.0. The van der Waals surface area contributed by atoms with Crippen molar-refractivity contribution in [1.82, 2.24) is 9.03 Å². The van der Waals surface area contributed by atoms with Gasteiger partial charge in [-0.1, -0.05) is 59.0 Å². The lowest BCUT2D eigenvalue weighted by Crippen LogP contribution is -2.53. The smallest absolute Gasteiger partial charge is 0.273 e. The van der Waals surface area contributed by atoms with Crippen LogP contribution in [-0.4, -0.2) is 65.6 Å². The number of Topliss-reactive ketones (excluding diaryl/α,β-unsaturated/α-hetero) is 2. The first-order valence-electron chi connectivity index (χ1n) is 22.9. The molecule has 14 nitrogen and oxygen atoms in total. The van der Waals surface area contributed by atoms with Crippen molar-refractivity contribution in [2.45, 2.75) is 134 Å². The predicted molar refractivity (Wildman–Crippen MR) is 255 cm³/mol. The lowest BCUT2D eigenvalue weighted by molar-refractivity contribution is -0.385. The quantitative estimate of drug-likeness (QED) is 0.0730. The fourth-order valence-corrected chi connectivity index (χ4v) is 16.4. The Bertz CT molecular complexity index is 2250. The van der Waals surface area contributed by atoms with Crippen LogP contribution in [0.25, 0.3) is 0 Å². The highest BCUT2D eigenvalue weighted by atomic mass is 127. The number of ketones is 2. The van der Waals surface area contributed by atoms with E-state index >= 15 is 0 Å². The average molecular weight is 1040 g/mol. The average Bonchev–Trinajstić information content (AvgIpc) is 3.22. The van der Waals surface area contributed by atoms with Crippen LogP contribution in [0, 0.1) is 79.4 Å². The van der Waals surface area contributed by atoms with Gasteiger partial charge in [-0.25, -0.2) is 21.6 Å². The van der Waals surface area contributed by atoms with Crippen molar-refractivity contribution >= 4 is 65.6 Å². The van der Waals surface area contributed by atoms with Gasteiger partial charge in [0.15, 0.2) is 11.6 Å². The van der Waals surface area contributed by atoms with Gasteiger partial charge in [-0.2, -0.15) is 4.31 Å². The Morgan fingerprint density at radius 1 is 0.688 bits per heavy atom. The number of nitro groups is 2. The minimum Gasteiger partial charge on any atom is -0.298 e. The van der Waals surface area contributed by atoms with Gasteiger partial charge < -0.3 is 0 Å². The number of rotatable bonds is 16. The standard InChI is InChI=1S/C24H34N2O5S.C22H30N2O5S.CH3I/c1-15(20-7-5-6-8-22(20)26(28)29)32(30,31)25(4)24(2,3)23(27)14-21-18-10-16-9-17(12-18)13-19(21)11-16;1-22(2,23-30(28,29)13-16-5-3-4-6-20(16)24(26)27)21(25)12-19-17-8-14-7-15(10-17)11-18(19)9-14;1-2/h5-8,15-19,21H,9-14H2,1-4H3;3-6,14-15,17-19,23H,7-13H2,1-2H3;1H3. The van der Waals surface area contributed by atoms with E-state index in [0.29, 0.717) is 48.3 Å². The largest absolute Gasteiger partial charge is 0.298 e. The van der Waals surface area contributed by atoms with Crippen LogP contribution < -0.4 is 4.72 Å². The molecule has 2 aromatic carbocycles. The summed E-state index contributed by atoms with van der Waals surface area (Å²) in [5.41, 5.74) is -2.68. The van der Waals surface area contributed by atoms with E-state index in [0.717, 1.165) is 28.0 Å². The first-order valence-corrected chi connectivity index (χ1v) is 28.2. The molecule has 10 rings (SSSR count). The molecular weight excluding hydrogens is 972 g/mol. The zero-order valence-electron chi connectivity index (χ0n) is 38.3. The second-order valence-electron chi connectivity index (χ2n) is 20.8. The van der Waals surface area contributed by atoms with Gasteiger partial charge in [0, 0.05) is 43.1 Å². The van der Waals surface area contributed by atoms with Crippen molar-refractivity contribution in [3.63, 3.8) is 0 Å². The normalized spacial score (nSPS) is 29.6. The highest BCUT2D eigenvalue weighted by Gasteiger charge is 2.52. The number of nitro benzene ring substituents is 2. The first kappa shape index (κ1) is 50.5. The summed E-state index contributed by atoms with van der Waals surface area (Å²) in [6.45, 7) is 7.97. The van der Waals surface area contributed by atoms with Crippen LogP contribution in [0.5, 0.6) is 0 Å². The molecule has 0 radical (unpaired) electrons. The molecule has 8 saturated carbocycles. The summed E-state index contributed by atoms with van der Waals surface area (Å²) in [6.07, 6.45) is 13.3. The van der Waals surface area contributed by atoms with Gasteiger partial charge in [0.2, 0.25) is 20.0 Å². The van der Waals surface area contributed by atoms with E-state index in [1.807, 2.05) is 4.93 Å². The minimum atomic E-state index is -4.00. The molecule has 1 unspecified atom stereocenters. The fourth-order valence-electron chi connectivity index (χ4n) is 13.1. The number of carbonyl (C=O) groups is 2. The summed E-state index contributed by atoms with van der Waals surface area (Å²) < 4.78 is 56.0. The molecule has 0 heterocycles. The lowest BCUT2D eigenvalue weighted by Gasteiger charge is -2.54. The van der Waals surface area contributed by atoms with Crippen LogP contribution in [0.4, 0.5) is 11.4 Å². The third kappa shape index (κ3) is 10.8. The van der Waals surface area contributed by atoms with E-state index in [4.69, 9.17) is 0 Å². The van der Waals surface area contributed by atoms with Crippen LogP contribution in [0.1, 0.15) is 128 Å². The predicted octanol–water partition coefficient (Wildman–Crippen LogP) is 9.60. The number of halogens is 1. The Kier molecular flexibility index (Phi) is 15.6. The molecule has 2 aromatic rings. The number of nitrogens with zero attached hydrogens (tertiary/aromatic N) is 3. The molecule has 0 aromatic heterocycles. The van der Waals surface area contributed by atoms with Crippen LogP contribution in [0.15, 0.2) is 48.5 Å². The lowest BCUT2D eigenvalue weighted by atomic mass is 9.51. The Morgan fingerprint density at radius 2 is 1.08 bits per heavy atom. The number of alkyl halides is 1. The van der Waals surface area contributed by atoms with Crippen LogP contribution in [0.2, 0.25) is 0 Å². The maximum Gasteiger partial charge on any atom is 0.273 e. The Balaban J connectivity index is 0.000000205. The van der Waals surface area contributed by atoms with E-state index in [-0.39, 0.29) is 34.1 Å². The number of hydrogen-bond donors (Lipinski definition) is 1. The number of nitrogens with one attached hydrogen (secondary N) is 1. The molecule has 8 fully saturated rings. The van der Waals surface area contributed by atoms with Crippen molar-refractivity contribution in [2.75, 3.05) is 12.0 Å². The van der Waals surface area contributed by atoms with Crippen molar-refractivity contribution in [2.24, 2.45) is 59.2 Å². The summed E-state index contributed by atoms with van der Waals surface area (Å²) in [5, 5.41) is 21.5. The van der Waals surface area contributed by atoms with E-state index in [2.05, 4.69) is 27.3 Å². The van der Waals surface area contributed by atoms with E-state index in [1.165, 1.54) is 115 Å². The molecule has 0 spiro atoms. The molecule has 0 aliphatic heterocycles. The van der Waals surface area contributed by atoms with Crippen LogP contribution in [0.3, 0.4) is 0 Å². The molecule has 1 N–H and O–H groups in total. The number of benzene rings is 2. The van der Waals surface area contributed by atoms with Gasteiger partial charge in [-0.15, -0.1) is 0 Å². The maximum atomic E-state index is 13.5. The molecule has 354 valence electrons. The van der Waals surface area contributed by atoms with Crippen LogP contribution >= 0.6 is 22.6 Å². The summed E-state index contributed by atoms with van der Waals surface area (Å²) >= 11 is 2.15.